The maximum absolute atomic E-state index is 5.63. The van der Waals surface area contributed by atoms with E-state index in [1.807, 2.05) is 36.5 Å². The minimum absolute atomic E-state index is 0.513. The fourth-order valence-electron chi connectivity index (χ4n) is 1.92. The topological polar surface area (TPSA) is 43.4 Å². The summed E-state index contributed by atoms with van der Waals surface area (Å²) < 4.78 is 10.7. The Kier molecular flexibility index (Phi) is 5.79. The maximum atomic E-state index is 5.63. The predicted octanol–water partition coefficient (Wildman–Crippen LogP) is 2.94. The molecule has 0 aliphatic carbocycles. The SMILES string of the molecule is C=CCOc1ccccc1CNCc1ccc(OC)nc1. The van der Waals surface area contributed by atoms with E-state index in [9.17, 15) is 0 Å². The number of para-hydroxylation sites is 1. The zero-order valence-electron chi connectivity index (χ0n) is 12.2. The zero-order chi connectivity index (χ0) is 14.9. The Hall–Kier alpha value is -2.33. The van der Waals surface area contributed by atoms with Gasteiger partial charge in [-0.15, -0.1) is 0 Å². The van der Waals surface area contributed by atoms with Gasteiger partial charge in [0.2, 0.25) is 5.88 Å². The first-order valence-corrected chi connectivity index (χ1v) is 6.84. The van der Waals surface area contributed by atoms with Gasteiger partial charge in [-0.3, -0.25) is 0 Å². The number of nitrogens with one attached hydrogen (secondary N) is 1. The molecule has 0 unspecified atom stereocenters. The molecule has 1 N–H and O–H groups in total. The number of rotatable bonds is 8. The Bertz CT molecular complexity index is 567. The number of methoxy groups -OCH3 is 1. The molecular weight excluding hydrogens is 264 g/mol. The quantitative estimate of drug-likeness (QED) is 0.757. The monoisotopic (exact) mass is 284 g/mol. The molecule has 0 saturated heterocycles. The first kappa shape index (κ1) is 15.1. The Labute approximate surface area is 125 Å². The van der Waals surface area contributed by atoms with Gasteiger partial charge < -0.3 is 14.8 Å². The van der Waals surface area contributed by atoms with Crippen molar-refractivity contribution in [1.82, 2.24) is 10.3 Å². The summed E-state index contributed by atoms with van der Waals surface area (Å²) in [6.07, 6.45) is 3.55. The Morgan fingerprint density at radius 1 is 1.19 bits per heavy atom. The number of pyridine rings is 1. The molecule has 0 radical (unpaired) electrons. The van der Waals surface area contributed by atoms with Gasteiger partial charge in [0.25, 0.3) is 0 Å². The third-order valence-electron chi connectivity index (χ3n) is 2.98. The molecule has 0 spiro atoms. The van der Waals surface area contributed by atoms with Gasteiger partial charge >= 0.3 is 0 Å². The van der Waals surface area contributed by atoms with Crippen LogP contribution in [0.25, 0.3) is 0 Å². The summed E-state index contributed by atoms with van der Waals surface area (Å²) >= 11 is 0. The van der Waals surface area contributed by atoms with E-state index >= 15 is 0 Å². The molecule has 0 aliphatic heterocycles. The molecule has 1 aromatic heterocycles. The van der Waals surface area contributed by atoms with E-state index in [0.717, 1.165) is 30.0 Å². The largest absolute Gasteiger partial charge is 0.489 e. The van der Waals surface area contributed by atoms with Crippen molar-refractivity contribution in [3.8, 4) is 11.6 Å². The average molecular weight is 284 g/mol. The molecule has 110 valence electrons. The lowest BCUT2D eigenvalue weighted by molar-refractivity contribution is 0.358. The third kappa shape index (κ3) is 4.61. The standard InChI is InChI=1S/C17H20N2O2/c1-3-10-21-16-7-5-4-6-15(16)13-18-11-14-8-9-17(20-2)19-12-14/h3-9,12,18H,1,10-11,13H2,2H3. The second-order valence-electron chi connectivity index (χ2n) is 4.52. The highest BCUT2D eigenvalue weighted by Crippen LogP contribution is 2.17. The maximum Gasteiger partial charge on any atom is 0.212 e. The molecule has 0 saturated carbocycles. The van der Waals surface area contributed by atoms with Crippen LogP contribution in [0, 0.1) is 0 Å². The van der Waals surface area contributed by atoms with Gasteiger partial charge in [-0.2, -0.15) is 0 Å². The van der Waals surface area contributed by atoms with E-state index in [-0.39, 0.29) is 0 Å². The van der Waals surface area contributed by atoms with Gasteiger partial charge in [-0.25, -0.2) is 4.98 Å². The van der Waals surface area contributed by atoms with E-state index in [1.165, 1.54) is 0 Å². The summed E-state index contributed by atoms with van der Waals surface area (Å²) in [5.74, 6) is 1.51. The normalized spacial score (nSPS) is 10.1. The van der Waals surface area contributed by atoms with E-state index in [2.05, 4.69) is 22.9 Å². The molecule has 0 amide bonds. The molecule has 2 rings (SSSR count). The van der Waals surface area contributed by atoms with Gasteiger partial charge in [-0.1, -0.05) is 36.9 Å². The number of aromatic nitrogens is 1. The van der Waals surface area contributed by atoms with Crippen LogP contribution in [-0.4, -0.2) is 18.7 Å². The van der Waals surface area contributed by atoms with Crippen molar-refractivity contribution in [3.63, 3.8) is 0 Å². The lowest BCUT2D eigenvalue weighted by Crippen LogP contribution is -2.13. The van der Waals surface area contributed by atoms with Gasteiger partial charge in [0.1, 0.15) is 12.4 Å². The van der Waals surface area contributed by atoms with Gasteiger partial charge in [0.05, 0.1) is 7.11 Å². The molecule has 0 atom stereocenters. The van der Waals surface area contributed by atoms with Crippen LogP contribution in [0.15, 0.2) is 55.3 Å². The van der Waals surface area contributed by atoms with Crippen LogP contribution in [0.3, 0.4) is 0 Å². The first-order valence-electron chi connectivity index (χ1n) is 6.84. The fourth-order valence-corrected chi connectivity index (χ4v) is 1.92. The van der Waals surface area contributed by atoms with Crippen molar-refractivity contribution in [2.75, 3.05) is 13.7 Å². The second-order valence-corrected chi connectivity index (χ2v) is 4.52. The van der Waals surface area contributed by atoms with Gasteiger partial charge in [0, 0.05) is 30.9 Å². The van der Waals surface area contributed by atoms with Crippen molar-refractivity contribution >= 4 is 0 Å². The van der Waals surface area contributed by atoms with Crippen molar-refractivity contribution in [2.24, 2.45) is 0 Å². The lowest BCUT2D eigenvalue weighted by Gasteiger charge is -2.11. The Balaban J connectivity index is 1.89. The van der Waals surface area contributed by atoms with Crippen molar-refractivity contribution in [1.29, 1.82) is 0 Å². The van der Waals surface area contributed by atoms with E-state index in [4.69, 9.17) is 9.47 Å². The highest BCUT2D eigenvalue weighted by atomic mass is 16.5. The number of hydrogen-bond donors (Lipinski definition) is 1. The summed E-state index contributed by atoms with van der Waals surface area (Å²) in [5, 5.41) is 3.39. The van der Waals surface area contributed by atoms with Crippen molar-refractivity contribution in [3.05, 3.63) is 66.4 Å². The van der Waals surface area contributed by atoms with Crippen molar-refractivity contribution in [2.45, 2.75) is 13.1 Å². The van der Waals surface area contributed by atoms with Crippen LogP contribution in [0.2, 0.25) is 0 Å². The van der Waals surface area contributed by atoms with Crippen LogP contribution in [0.4, 0.5) is 0 Å². The molecule has 0 fully saturated rings. The summed E-state index contributed by atoms with van der Waals surface area (Å²) in [7, 11) is 1.61. The fraction of sp³-hybridized carbons (Fsp3) is 0.235. The lowest BCUT2D eigenvalue weighted by atomic mass is 10.2. The van der Waals surface area contributed by atoms with Crippen LogP contribution in [0.1, 0.15) is 11.1 Å². The summed E-state index contributed by atoms with van der Waals surface area (Å²) in [6.45, 7) is 5.66. The second kappa shape index (κ2) is 8.07. The zero-order valence-corrected chi connectivity index (χ0v) is 12.2. The van der Waals surface area contributed by atoms with Crippen LogP contribution in [0.5, 0.6) is 11.6 Å². The van der Waals surface area contributed by atoms with Gasteiger partial charge in [-0.05, 0) is 11.6 Å². The van der Waals surface area contributed by atoms with E-state index < -0.39 is 0 Å². The van der Waals surface area contributed by atoms with Gasteiger partial charge in [0.15, 0.2) is 0 Å². The highest BCUT2D eigenvalue weighted by Gasteiger charge is 2.02. The smallest absolute Gasteiger partial charge is 0.212 e. The molecule has 4 heteroatoms. The summed E-state index contributed by atoms with van der Waals surface area (Å²) in [4.78, 5) is 4.18. The van der Waals surface area contributed by atoms with Crippen LogP contribution in [-0.2, 0) is 13.1 Å². The summed E-state index contributed by atoms with van der Waals surface area (Å²) in [6, 6.07) is 11.9. The number of ether oxygens (including phenoxy) is 2. The minimum atomic E-state index is 0.513. The highest BCUT2D eigenvalue weighted by molar-refractivity contribution is 5.33. The van der Waals surface area contributed by atoms with Crippen LogP contribution >= 0.6 is 0 Å². The molecule has 0 bridgehead atoms. The third-order valence-corrected chi connectivity index (χ3v) is 2.98. The molecule has 4 nitrogen and oxygen atoms in total. The number of benzene rings is 1. The first-order chi connectivity index (χ1) is 10.3. The van der Waals surface area contributed by atoms with Crippen LogP contribution < -0.4 is 14.8 Å². The molecule has 2 aromatic rings. The average Bonchev–Trinajstić information content (AvgIpc) is 2.54. The Morgan fingerprint density at radius 2 is 2.05 bits per heavy atom. The van der Waals surface area contributed by atoms with Crippen molar-refractivity contribution < 1.29 is 9.47 Å². The summed E-state index contributed by atoms with van der Waals surface area (Å²) in [5.41, 5.74) is 2.24. The molecule has 1 heterocycles. The Morgan fingerprint density at radius 3 is 2.76 bits per heavy atom. The molecule has 21 heavy (non-hydrogen) atoms. The van der Waals surface area contributed by atoms with E-state index in [1.54, 1.807) is 13.2 Å². The molecule has 1 aromatic carbocycles. The number of nitrogens with zero attached hydrogens (tertiary/aromatic N) is 1. The number of hydrogen-bond acceptors (Lipinski definition) is 4. The minimum Gasteiger partial charge on any atom is -0.489 e. The molecular formula is C17H20N2O2. The van der Waals surface area contributed by atoms with E-state index in [0.29, 0.717) is 12.5 Å². The molecule has 0 aliphatic rings. The predicted molar refractivity (Wildman–Crippen MR) is 83.5 cm³/mol.